The molecule has 0 bridgehead atoms. The number of nitrogens with two attached hydrogens (primary N) is 1. The summed E-state index contributed by atoms with van der Waals surface area (Å²) in [6.07, 6.45) is 2.05. The molecule has 0 unspecified atom stereocenters. The maximum absolute atomic E-state index is 13.4. The number of hydrogen-bond donors (Lipinski definition) is 3. The molecule has 146 valence electrons. The van der Waals surface area contributed by atoms with Crippen molar-refractivity contribution in [3.63, 3.8) is 0 Å². The molecule has 5 nitrogen and oxygen atoms in total. The van der Waals surface area contributed by atoms with E-state index in [1.807, 2.05) is 6.07 Å². The molecule has 0 saturated carbocycles. The quantitative estimate of drug-likeness (QED) is 0.400. The highest BCUT2D eigenvalue weighted by atomic mass is 35.5. The van der Waals surface area contributed by atoms with Gasteiger partial charge in [0.25, 0.3) is 0 Å². The van der Waals surface area contributed by atoms with E-state index in [0.717, 1.165) is 24.4 Å². The summed E-state index contributed by atoms with van der Waals surface area (Å²) in [5, 5.41) is 17.6. The molecule has 0 amide bonds. The van der Waals surface area contributed by atoms with Gasteiger partial charge in [0, 0.05) is 57.5 Å². The zero-order valence-corrected chi connectivity index (χ0v) is 15.4. The average molecular weight is 416 g/mol. The van der Waals surface area contributed by atoms with E-state index in [9.17, 15) is 18.4 Å². The first-order valence-electron chi connectivity index (χ1n) is 8.17. The smallest absolute Gasteiger partial charge is 0.404 e. The molecule has 0 saturated heterocycles. The maximum Gasteiger partial charge on any atom is 0.417 e. The number of benzene rings is 1. The van der Waals surface area contributed by atoms with E-state index in [0.29, 0.717) is 27.7 Å². The number of hydrogen-bond acceptors (Lipinski definition) is 4. The van der Waals surface area contributed by atoms with Crippen molar-refractivity contribution < 1.29 is 13.2 Å². The van der Waals surface area contributed by atoms with Gasteiger partial charge in [-0.1, -0.05) is 11.6 Å². The molecule has 29 heavy (non-hydrogen) atoms. The molecule has 2 heterocycles. The van der Waals surface area contributed by atoms with Gasteiger partial charge in [-0.25, -0.2) is 4.98 Å². The molecule has 9 heteroatoms. The van der Waals surface area contributed by atoms with Crippen molar-refractivity contribution in [3.8, 4) is 6.07 Å². The molecule has 0 aliphatic heterocycles. The molecule has 2 aromatic heterocycles. The van der Waals surface area contributed by atoms with Crippen molar-refractivity contribution in [3.05, 3.63) is 70.1 Å². The topological polar surface area (TPSA) is 102 Å². The number of nitriles is 1. The molecule has 0 spiro atoms. The van der Waals surface area contributed by atoms with Crippen molar-refractivity contribution in [2.24, 2.45) is 5.73 Å². The molecule has 4 N–H and O–H groups in total. The van der Waals surface area contributed by atoms with Crippen LogP contribution < -0.4 is 5.73 Å². The fourth-order valence-electron chi connectivity index (χ4n) is 2.84. The Morgan fingerprint density at radius 2 is 2.07 bits per heavy atom. The summed E-state index contributed by atoms with van der Waals surface area (Å²) in [5.74, 6) is 0. The van der Waals surface area contributed by atoms with Crippen LogP contribution in [0.5, 0.6) is 0 Å². The zero-order valence-electron chi connectivity index (χ0n) is 14.7. The van der Waals surface area contributed by atoms with Crippen LogP contribution in [0.3, 0.4) is 0 Å². The van der Waals surface area contributed by atoms with Gasteiger partial charge in [0.1, 0.15) is 5.65 Å². The minimum atomic E-state index is -4.64. The third kappa shape index (κ3) is 4.00. The van der Waals surface area contributed by atoms with Crippen LogP contribution in [0, 0.1) is 16.7 Å². The van der Waals surface area contributed by atoms with E-state index >= 15 is 0 Å². The van der Waals surface area contributed by atoms with E-state index in [1.54, 1.807) is 6.07 Å². The Bertz CT molecular complexity index is 1200. The van der Waals surface area contributed by atoms with Gasteiger partial charge in [0.05, 0.1) is 17.2 Å². The lowest BCUT2D eigenvalue weighted by molar-refractivity contribution is -0.137. The van der Waals surface area contributed by atoms with Gasteiger partial charge in [-0.15, -0.1) is 0 Å². The van der Waals surface area contributed by atoms with Crippen LogP contribution in [-0.2, 0) is 6.18 Å². The fourth-order valence-corrected chi connectivity index (χ4v) is 3.01. The Labute approximate surface area is 168 Å². The van der Waals surface area contributed by atoms with Crippen LogP contribution in [0.4, 0.5) is 13.2 Å². The number of halogens is 4. The number of allylic oxidation sites excluding steroid dienone is 2. The molecule has 3 rings (SSSR count). The number of aromatic amines is 1. The monoisotopic (exact) mass is 415 g/mol. The molecular weight excluding hydrogens is 403 g/mol. The van der Waals surface area contributed by atoms with E-state index in [2.05, 4.69) is 9.97 Å². The lowest BCUT2D eigenvalue weighted by Crippen LogP contribution is -2.08. The number of H-pyrrole nitrogens is 1. The van der Waals surface area contributed by atoms with Crippen LogP contribution in [0.1, 0.15) is 22.3 Å². The summed E-state index contributed by atoms with van der Waals surface area (Å²) in [6.45, 7) is 0. The number of aromatic nitrogens is 2. The number of rotatable bonds is 4. The zero-order chi connectivity index (χ0) is 21.2. The van der Waals surface area contributed by atoms with Crippen LogP contribution >= 0.6 is 11.6 Å². The number of alkyl halides is 3. The van der Waals surface area contributed by atoms with Crippen LogP contribution in [-0.4, -0.2) is 16.2 Å². The summed E-state index contributed by atoms with van der Waals surface area (Å²) >= 11 is 5.87. The standard InChI is InChI=1S/C20H13ClF3N5/c21-15-1-2-18(20(22,23)24)16(5-15)11(6-25)3-13-10-29-19-17(13)4-12(9-28-19)14(7-26)8-27/h1-5,7-10,26H,27H2,(H,28,29)/b11-3-,14-8+,26-7?. The van der Waals surface area contributed by atoms with Gasteiger partial charge in [-0.2, -0.15) is 18.4 Å². The summed E-state index contributed by atoms with van der Waals surface area (Å²) in [4.78, 5) is 7.13. The minimum absolute atomic E-state index is 0.0840. The number of fused-ring (bicyclic) bond motifs is 1. The Morgan fingerprint density at radius 1 is 1.31 bits per heavy atom. The highest BCUT2D eigenvalue weighted by molar-refractivity contribution is 6.30. The van der Waals surface area contributed by atoms with Crippen molar-refractivity contribution in [1.82, 2.24) is 9.97 Å². The number of nitrogens with one attached hydrogen (secondary N) is 2. The van der Waals surface area contributed by atoms with E-state index in [1.165, 1.54) is 24.7 Å². The second-order valence-corrected chi connectivity index (χ2v) is 6.42. The first-order chi connectivity index (χ1) is 13.8. The molecular formula is C20H13ClF3N5. The Balaban J connectivity index is 2.20. The molecule has 1 aromatic carbocycles. The Hall–Kier alpha value is -3.57. The number of nitrogens with zero attached hydrogens (tertiary/aromatic N) is 2. The molecule has 0 atom stereocenters. The summed E-state index contributed by atoms with van der Waals surface area (Å²) in [5.41, 5.74) is 5.94. The van der Waals surface area contributed by atoms with Crippen molar-refractivity contribution >= 4 is 46.1 Å². The Morgan fingerprint density at radius 3 is 2.69 bits per heavy atom. The number of pyridine rings is 1. The summed E-state index contributed by atoms with van der Waals surface area (Å²) < 4.78 is 40.2. The fraction of sp³-hybridized carbons (Fsp3) is 0.0500. The van der Waals surface area contributed by atoms with Crippen molar-refractivity contribution in [2.75, 3.05) is 0 Å². The van der Waals surface area contributed by atoms with Crippen LogP contribution in [0.15, 0.2) is 42.9 Å². The Kier molecular flexibility index (Phi) is 5.43. The second-order valence-electron chi connectivity index (χ2n) is 5.99. The predicted molar refractivity (Wildman–Crippen MR) is 107 cm³/mol. The summed E-state index contributed by atoms with van der Waals surface area (Å²) in [6, 6.07) is 6.60. The molecule has 0 radical (unpaired) electrons. The minimum Gasteiger partial charge on any atom is -0.404 e. The van der Waals surface area contributed by atoms with Gasteiger partial charge >= 0.3 is 6.18 Å². The lowest BCUT2D eigenvalue weighted by atomic mass is 9.98. The normalized spacial score (nSPS) is 12.8. The molecule has 0 aliphatic rings. The van der Waals surface area contributed by atoms with Crippen LogP contribution in [0.25, 0.3) is 28.3 Å². The van der Waals surface area contributed by atoms with E-state index in [4.69, 9.17) is 22.7 Å². The average Bonchev–Trinajstić information content (AvgIpc) is 3.08. The van der Waals surface area contributed by atoms with Gasteiger partial charge in [0.2, 0.25) is 0 Å². The molecule has 0 fully saturated rings. The van der Waals surface area contributed by atoms with Gasteiger partial charge in [-0.3, -0.25) is 0 Å². The van der Waals surface area contributed by atoms with Gasteiger partial charge in [-0.05, 0) is 30.3 Å². The highest BCUT2D eigenvalue weighted by Crippen LogP contribution is 2.37. The largest absolute Gasteiger partial charge is 0.417 e. The lowest BCUT2D eigenvalue weighted by Gasteiger charge is -2.12. The summed E-state index contributed by atoms with van der Waals surface area (Å²) in [7, 11) is 0. The van der Waals surface area contributed by atoms with Gasteiger partial charge in [0.15, 0.2) is 0 Å². The highest BCUT2D eigenvalue weighted by Gasteiger charge is 2.34. The molecule has 0 aliphatic carbocycles. The maximum atomic E-state index is 13.4. The SMILES string of the molecule is N#C/C(=C/c1c[nH]c2ncc(/C(C=N)=C/N)cc12)c1cc(Cl)ccc1C(F)(F)F. The first-order valence-corrected chi connectivity index (χ1v) is 8.55. The van der Waals surface area contributed by atoms with Crippen molar-refractivity contribution in [2.45, 2.75) is 6.18 Å². The second kappa shape index (κ2) is 7.81. The van der Waals surface area contributed by atoms with Crippen LogP contribution in [0.2, 0.25) is 5.02 Å². The first kappa shape index (κ1) is 20.2. The third-order valence-electron chi connectivity index (χ3n) is 4.23. The van der Waals surface area contributed by atoms with Gasteiger partial charge < -0.3 is 16.1 Å². The molecule has 3 aromatic rings. The van der Waals surface area contributed by atoms with E-state index < -0.39 is 11.7 Å². The van der Waals surface area contributed by atoms with E-state index in [-0.39, 0.29) is 16.2 Å². The third-order valence-corrected chi connectivity index (χ3v) is 4.46. The predicted octanol–water partition coefficient (Wildman–Crippen LogP) is 5.25. The van der Waals surface area contributed by atoms with Crippen molar-refractivity contribution in [1.29, 1.82) is 10.7 Å².